The molecular weight excluding hydrogens is 546 g/mol. The van der Waals surface area contributed by atoms with E-state index in [2.05, 4.69) is 46.8 Å². The second-order valence-corrected chi connectivity index (χ2v) is 12.8. The number of aromatic amines is 2. The molecule has 4 fully saturated rings. The van der Waals surface area contributed by atoms with Gasteiger partial charge in [-0.05, 0) is 85.3 Å². The molecule has 4 aromatic rings. The Morgan fingerprint density at radius 2 is 1.65 bits per heavy atom. The summed E-state index contributed by atoms with van der Waals surface area (Å²) in [6, 6.07) is 13.5. The van der Waals surface area contributed by atoms with Crippen molar-refractivity contribution in [2.75, 3.05) is 11.9 Å². The van der Waals surface area contributed by atoms with Gasteiger partial charge in [0, 0.05) is 30.2 Å². The molecular formula is C31H37N9O3. The summed E-state index contributed by atoms with van der Waals surface area (Å²) in [5.74, 6) is 2.06. The van der Waals surface area contributed by atoms with Gasteiger partial charge >= 0.3 is 0 Å². The van der Waals surface area contributed by atoms with Crippen LogP contribution in [0.3, 0.4) is 0 Å². The van der Waals surface area contributed by atoms with Crippen molar-refractivity contribution >= 4 is 28.7 Å². The number of para-hydroxylation sites is 1. The van der Waals surface area contributed by atoms with E-state index in [9.17, 15) is 14.7 Å². The number of amides is 2. The number of carbonyl (C=O) groups is 2. The predicted octanol–water partition coefficient (Wildman–Crippen LogP) is 2.86. The lowest BCUT2D eigenvalue weighted by Crippen LogP contribution is -2.58. The molecule has 0 aliphatic heterocycles. The van der Waals surface area contributed by atoms with Gasteiger partial charge in [-0.15, -0.1) is 5.10 Å². The molecule has 4 aliphatic carbocycles. The molecule has 4 bridgehead atoms. The number of nitrogens with zero attached hydrogens (tertiary/aromatic N) is 4. The van der Waals surface area contributed by atoms with Crippen LogP contribution in [0.1, 0.15) is 49.8 Å². The van der Waals surface area contributed by atoms with Crippen LogP contribution in [-0.4, -0.2) is 66.4 Å². The number of phenols is 1. The third-order valence-corrected chi connectivity index (χ3v) is 9.71. The maximum absolute atomic E-state index is 14.1. The van der Waals surface area contributed by atoms with Crippen molar-refractivity contribution in [3.63, 3.8) is 0 Å². The van der Waals surface area contributed by atoms with Gasteiger partial charge in [0.1, 0.15) is 11.8 Å². The first kappa shape index (κ1) is 27.4. The van der Waals surface area contributed by atoms with Gasteiger partial charge in [0.15, 0.2) is 0 Å². The first-order valence-electron chi connectivity index (χ1n) is 15.2. The van der Waals surface area contributed by atoms with Crippen molar-refractivity contribution in [3.05, 3.63) is 59.8 Å². The van der Waals surface area contributed by atoms with E-state index in [0.29, 0.717) is 43.1 Å². The van der Waals surface area contributed by atoms with Gasteiger partial charge in [-0.25, -0.2) is 0 Å². The molecule has 2 heterocycles. The summed E-state index contributed by atoms with van der Waals surface area (Å²) in [4.78, 5) is 28.1. The minimum atomic E-state index is -0.784. The quantitative estimate of drug-likeness (QED) is 0.156. The molecule has 2 aromatic heterocycles. The topological polar surface area (TPSA) is 174 Å². The Balaban J connectivity index is 1.12. The highest BCUT2D eigenvalue weighted by Gasteiger charge is 2.55. The van der Waals surface area contributed by atoms with Gasteiger partial charge < -0.3 is 21.1 Å². The monoisotopic (exact) mass is 583 g/mol. The molecule has 6 N–H and O–H groups in total. The van der Waals surface area contributed by atoms with Crippen molar-refractivity contribution in [1.82, 2.24) is 41.5 Å². The van der Waals surface area contributed by atoms with Gasteiger partial charge in [0.05, 0.1) is 17.3 Å². The Hall–Kier alpha value is -4.48. The van der Waals surface area contributed by atoms with E-state index in [1.165, 1.54) is 19.3 Å². The van der Waals surface area contributed by atoms with Crippen LogP contribution in [0.2, 0.25) is 0 Å². The van der Waals surface area contributed by atoms with Crippen LogP contribution in [0.5, 0.6) is 5.75 Å². The first-order valence-corrected chi connectivity index (χ1v) is 15.2. The number of hydrogen-bond donors (Lipinski definition) is 6. The van der Waals surface area contributed by atoms with Crippen LogP contribution in [0, 0.1) is 23.2 Å². The standard InChI is InChI=1S/C31H37N9O3/c41-23-7-5-18(6-8-23)12-27(34-29(43)31-14-19-9-20(15-31)11-21(10-19)16-31)28(42)33-22(17-32-30-37-39-40-38-30)13-26-24-3-1-2-4-25(24)35-36-26/h1-8,19-22,27,41H,9-17H2,(H,33,42)(H,34,43)(H,35,36)(H2,32,37,38,39,40). The molecule has 4 aliphatic rings. The highest BCUT2D eigenvalue weighted by atomic mass is 16.3. The van der Waals surface area contributed by atoms with Crippen molar-refractivity contribution in [2.24, 2.45) is 23.2 Å². The molecule has 2 amide bonds. The number of anilines is 1. The van der Waals surface area contributed by atoms with E-state index in [1.807, 2.05) is 24.3 Å². The zero-order chi connectivity index (χ0) is 29.4. The number of fused-ring (bicyclic) bond motifs is 1. The summed E-state index contributed by atoms with van der Waals surface area (Å²) in [6.07, 6.45) is 7.21. The fourth-order valence-electron chi connectivity index (χ4n) is 8.11. The average molecular weight is 584 g/mol. The maximum Gasteiger partial charge on any atom is 0.263 e. The van der Waals surface area contributed by atoms with E-state index in [-0.39, 0.29) is 23.0 Å². The summed E-state index contributed by atoms with van der Waals surface area (Å²) in [5, 5.41) is 41.9. The second-order valence-electron chi connectivity index (χ2n) is 12.8. The zero-order valence-corrected chi connectivity index (χ0v) is 23.9. The average Bonchev–Trinajstić information content (AvgIpc) is 3.66. The molecule has 8 rings (SSSR count). The van der Waals surface area contributed by atoms with Crippen molar-refractivity contribution in [1.29, 1.82) is 0 Å². The number of carbonyl (C=O) groups excluding carboxylic acids is 2. The number of H-pyrrole nitrogens is 2. The minimum Gasteiger partial charge on any atom is -0.508 e. The predicted molar refractivity (Wildman–Crippen MR) is 159 cm³/mol. The number of phenolic OH excluding ortho intramolecular Hbond substituents is 1. The normalized spacial score (nSPS) is 25.3. The SMILES string of the molecule is O=C(NC(CNc1nn[nH]n1)Cc1n[nH]c2ccccc12)C(Cc1ccc(O)cc1)NC(=O)C12CC3CC(CC(C3)C1)C2. The van der Waals surface area contributed by atoms with Crippen molar-refractivity contribution in [3.8, 4) is 5.75 Å². The second kappa shape index (κ2) is 11.3. The van der Waals surface area contributed by atoms with Gasteiger partial charge in [-0.1, -0.05) is 35.4 Å². The lowest BCUT2D eigenvalue weighted by atomic mass is 9.49. The summed E-state index contributed by atoms with van der Waals surface area (Å²) < 4.78 is 0. The maximum atomic E-state index is 14.1. The molecule has 2 atom stereocenters. The van der Waals surface area contributed by atoms with E-state index in [1.54, 1.807) is 24.3 Å². The third-order valence-electron chi connectivity index (χ3n) is 9.71. The molecule has 0 radical (unpaired) electrons. The summed E-state index contributed by atoms with van der Waals surface area (Å²) in [7, 11) is 0. The number of hydrogen-bond acceptors (Lipinski definition) is 8. The molecule has 12 heteroatoms. The molecule has 2 aromatic carbocycles. The number of aromatic nitrogens is 6. The summed E-state index contributed by atoms with van der Waals surface area (Å²) in [5.41, 5.74) is 2.21. The molecule has 224 valence electrons. The number of benzene rings is 2. The summed E-state index contributed by atoms with van der Waals surface area (Å²) >= 11 is 0. The molecule has 4 saturated carbocycles. The van der Waals surface area contributed by atoms with E-state index in [4.69, 9.17) is 0 Å². The largest absolute Gasteiger partial charge is 0.508 e. The lowest BCUT2D eigenvalue weighted by Gasteiger charge is -2.55. The highest BCUT2D eigenvalue weighted by Crippen LogP contribution is 2.60. The fraction of sp³-hybridized carbons (Fsp3) is 0.484. The molecule has 43 heavy (non-hydrogen) atoms. The van der Waals surface area contributed by atoms with E-state index in [0.717, 1.165) is 41.4 Å². The number of aromatic hydroxyl groups is 1. The third kappa shape index (κ3) is 5.78. The minimum absolute atomic E-state index is 0.00490. The van der Waals surface area contributed by atoms with Gasteiger partial charge in [0.25, 0.3) is 5.95 Å². The lowest BCUT2D eigenvalue weighted by molar-refractivity contribution is -0.148. The Kier molecular flexibility index (Phi) is 7.20. The molecule has 2 unspecified atom stereocenters. The number of tetrazole rings is 1. The van der Waals surface area contributed by atoms with Crippen LogP contribution in [0.25, 0.3) is 10.9 Å². The molecule has 0 spiro atoms. The van der Waals surface area contributed by atoms with Crippen molar-refractivity contribution in [2.45, 2.75) is 63.5 Å². The van der Waals surface area contributed by atoms with Crippen LogP contribution < -0.4 is 16.0 Å². The molecule has 12 nitrogen and oxygen atoms in total. The van der Waals surface area contributed by atoms with Crippen LogP contribution in [0.4, 0.5) is 5.95 Å². The van der Waals surface area contributed by atoms with Crippen LogP contribution in [0.15, 0.2) is 48.5 Å². The number of rotatable bonds is 11. The van der Waals surface area contributed by atoms with Crippen LogP contribution >= 0.6 is 0 Å². The Morgan fingerprint density at radius 1 is 0.930 bits per heavy atom. The van der Waals surface area contributed by atoms with E-state index < -0.39 is 12.1 Å². The fourth-order valence-corrected chi connectivity index (χ4v) is 8.11. The number of nitrogens with one attached hydrogen (secondary N) is 5. The first-order chi connectivity index (χ1) is 20.9. The van der Waals surface area contributed by atoms with Gasteiger partial charge in [0.2, 0.25) is 11.8 Å². The van der Waals surface area contributed by atoms with Crippen LogP contribution in [-0.2, 0) is 22.4 Å². The Bertz CT molecular complexity index is 1550. The van der Waals surface area contributed by atoms with Gasteiger partial charge in [-0.3, -0.25) is 14.7 Å². The summed E-state index contributed by atoms with van der Waals surface area (Å²) in [6.45, 7) is 0.321. The highest BCUT2D eigenvalue weighted by molar-refractivity contribution is 5.91. The Morgan fingerprint density at radius 3 is 2.35 bits per heavy atom. The molecule has 0 saturated heterocycles. The smallest absolute Gasteiger partial charge is 0.263 e. The zero-order valence-electron chi connectivity index (χ0n) is 23.9. The Labute approximate surface area is 248 Å². The van der Waals surface area contributed by atoms with Crippen molar-refractivity contribution < 1.29 is 14.7 Å². The van der Waals surface area contributed by atoms with E-state index >= 15 is 0 Å². The van der Waals surface area contributed by atoms with Gasteiger partial charge in [-0.2, -0.15) is 10.3 Å².